The standard InChI is InChI=1S/C10H19N3O/c1-2-13(9-5-11-6-9)7-10-8-14-4-3-12(1)10/h9-11H,1-8H2/t10-/m0/s1. The lowest BCUT2D eigenvalue weighted by atomic mass is 10.1. The lowest BCUT2D eigenvalue weighted by Gasteiger charge is -2.48. The maximum Gasteiger partial charge on any atom is 0.0634 e. The Labute approximate surface area is 85.2 Å². The third-order valence-corrected chi connectivity index (χ3v) is 3.75. The molecular weight excluding hydrogens is 178 g/mol. The van der Waals surface area contributed by atoms with Crippen LogP contribution in [0.5, 0.6) is 0 Å². The van der Waals surface area contributed by atoms with Crippen LogP contribution in [0, 0.1) is 0 Å². The summed E-state index contributed by atoms with van der Waals surface area (Å²) in [6.45, 7) is 9.10. The molecule has 4 nitrogen and oxygen atoms in total. The Kier molecular flexibility index (Phi) is 2.45. The molecule has 0 aromatic heterocycles. The van der Waals surface area contributed by atoms with Crippen molar-refractivity contribution in [2.75, 3.05) is 52.5 Å². The largest absolute Gasteiger partial charge is 0.378 e. The number of hydrogen-bond acceptors (Lipinski definition) is 4. The summed E-state index contributed by atoms with van der Waals surface area (Å²) in [6, 6.07) is 1.47. The zero-order valence-electron chi connectivity index (χ0n) is 8.61. The summed E-state index contributed by atoms with van der Waals surface area (Å²) in [6.07, 6.45) is 0. The molecule has 3 fully saturated rings. The van der Waals surface area contributed by atoms with Crippen LogP contribution in [0.3, 0.4) is 0 Å². The molecule has 3 aliphatic rings. The van der Waals surface area contributed by atoms with Crippen molar-refractivity contribution in [1.29, 1.82) is 0 Å². The fraction of sp³-hybridized carbons (Fsp3) is 1.00. The summed E-state index contributed by atoms with van der Waals surface area (Å²) in [4.78, 5) is 5.22. The van der Waals surface area contributed by atoms with Crippen molar-refractivity contribution in [3.63, 3.8) is 0 Å². The molecule has 3 rings (SSSR count). The Bertz CT molecular complexity index is 208. The minimum atomic E-state index is 0.665. The van der Waals surface area contributed by atoms with E-state index in [4.69, 9.17) is 4.74 Å². The van der Waals surface area contributed by atoms with E-state index in [1.54, 1.807) is 0 Å². The topological polar surface area (TPSA) is 27.7 Å². The first-order chi connectivity index (χ1) is 6.93. The normalized spacial score (nSPS) is 36.4. The van der Waals surface area contributed by atoms with Crippen molar-refractivity contribution in [3.05, 3.63) is 0 Å². The van der Waals surface area contributed by atoms with Crippen LogP contribution in [0.25, 0.3) is 0 Å². The third-order valence-electron chi connectivity index (χ3n) is 3.75. The van der Waals surface area contributed by atoms with E-state index in [-0.39, 0.29) is 0 Å². The van der Waals surface area contributed by atoms with Gasteiger partial charge in [0.25, 0.3) is 0 Å². The Morgan fingerprint density at radius 1 is 1.00 bits per heavy atom. The lowest BCUT2D eigenvalue weighted by Crippen LogP contribution is -2.65. The quantitative estimate of drug-likeness (QED) is 0.582. The highest BCUT2D eigenvalue weighted by molar-refractivity contribution is 4.91. The number of nitrogens with zero attached hydrogens (tertiary/aromatic N) is 2. The average molecular weight is 197 g/mol. The van der Waals surface area contributed by atoms with Gasteiger partial charge in [0.05, 0.1) is 13.2 Å². The van der Waals surface area contributed by atoms with Crippen LogP contribution < -0.4 is 5.32 Å². The van der Waals surface area contributed by atoms with E-state index in [0.717, 1.165) is 25.8 Å². The van der Waals surface area contributed by atoms with E-state index < -0.39 is 0 Å². The molecule has 14 heavy (non-hydrogen) atoms. The number of piperazine rings is 1. The van der Waals surface area contributed by atoms with Gasteiger partial charge in [0.15, 0.2) is 0 Å². The first-order valence-electron chi connectivity index (χ1n) is 5.70. The second-order valence-electron chi connectivity index (χ2n) is 4.57. The summed E-state index contributed by atoms with van der Waals surface area (Å²) in [5.41, 5.74) is 0. The number of morpholine rings is 1. The van der Waals surface area contributed by atoms with Crippen LogP contribution >= 0.6 is 0 Å². The van der Waals surface area contributed by atoms with Gasteiger partial charge in [-0.25, -0.2) is 0 Å². The van der Waals surface area contributed by atoms with Crippen molar-refractivity contribution >= 4 is 0 Å². The molecule has 0 spiro atoms. The molecule has 80 valence electrons. The average Bonchev–Trinajstić information content (AvgIpc) is 2.15. The minimum absolute atomic E-state index is 0.665. The summed E-state index contributed by atoms with van der Waals surface area (Å²) in [5.74, 6) is 0. The first-order valence-corrected chi connectivity index (χ1v) is 5.70. The fourth-order valence-electron chi connectivity index (χ4n) is 2.63. The second kappa shape index (κ2) is 3.77. The van der Waals surface area contributed by atoms with Crippen LogP contribution in [-0.4, -0.2) is 74.4 Å². The van der Waals surface area contributed by atoms with Crippen LogP contribution in [0.4, 0.5) is 0 Å². The highest BCUT2D eigenvalue weighted by atomic mass is 16.5. The van der Waals surface area contributed by atoms with E-state index in [9.17, 15) is 0 Å². The van der Waals surface area contributed by atoms with Gasteiger partial charge in [0.1, 0.15) is 0 Å². The molecule has 1 atom stereocenters. The number of ether oxygens (including phenoxy) is 1. The van der Waals surface area contributed by atoms with Gasteiger partial charge in [-0.15, -0.1) is 0 Å². The summed E-state index contributed by atoms with van der Waals surface area (Å²) < 4.78 is 5.53. The zero-order valence-corrected chi connectivity index (χ0v) is 8.61. The predicted octanol–water partition coefficient (Wildman–Crippen LogP) is -1.03. The van der Waals surface area contributed by atoms with E-state index in [1.807, 2.05) is 0 Å². The van der Waals surface area contributed by atoms with Gasteiger partial charge in [0, 0.05) is 51.4 Å². The SMILES string of the molecule is C1CN2CCN(C3CNC3)C[C@H]2CO1. The molecule has 0 aliphatic carbocycles. The molecular formula is C10H19N3O. The van der Waals surface area contributed by atoms with E-state index in [1.165, 1.54) is 32.7 Å². The molecule has 3 heterocycles. The van der Waals surface area contributed by atoms with Crippen LogP contribution in [-0.2, 0) is 4.74 Å². The molecule has 0 bridgehead atoms. The van der Waals surface area contributed by atoms with Crippen molar-refractivity contribution < 1.29 is 4.74 Å². The maximum absolute atomic E-state index is 5.53. The Morgan fingerprint density at radius 2 is 1.86 bits per heavy atom. The maximum atomic E-state index is 5.53. The van der Waals surface area contributed by atoms with Gasteiger partial charge in [0.2, 0.25) is 0 Å². The number of hydrogen-bond donors (Lipinski definition) is 1. The Hall–Kier alpha value is -0.160. The molecule has 0 amide bonds. The highest BCUT2D eigenvalue weighted by Gasteiger charge is 2.34. The van der Waals surface area contributed by atoms with Crippen molar-refractivity contribution in [1.82, 2.24) is 15.1 Å². The Balaban J connectivity index is 1.59. The molecule has 3 aliphatic heterocycles. The molecule has 0 unspecified atom stereocenters. The van der Waals surface area contributed by atoms with Gasteiger partial charge in [-0.3, -0.25) is 9.80 Å². The first kappa shape index (κ1) is 9.09. The molecule has 4 heteroatoms. The van der Waals surface area contributed by atoms with Crippen molar-refractivity contribution in [3.8, 4) is 0 Å². The summed E-state index contributed by atoms with van der Waals surface area (Å²) >= 11 is 0. The van der Waals surface area contributed by atoms with Crippen molar-refractivity contribution in [2.45, 2.75) is 12.1 Å². The van der Waals surface area contributed by atoms with Crippen molar-refractivity contribution in [2.24, 2.45) is 0 Å². The zero-order chi connectivity index (χ0) is 9.38. The number of rotatable bonds is 1. The monoisotopic (exact) mass is 197 g/mol. The van der Waals surface area contributed by atoms with Crippen LogP contribution in [0.15, 0.2) is 0 Å². The molecule has 3 saturated heterocycles. The molecule has 0 aromatic rings. The smallest absolute Gasteiger partial charge is 0.0634 e. The van der Waals surface area contributed by atoms with Gasteiger partial charge < -0.3 is 10.1 Å². The Morgan fingerprint density at radius 3 is 2.64 bits per heavy atom. The van der Waals surface area contributed by atoms with Gasteiger partial charge in [-0.05, 0) is 0 Å². The highest BCUT2D eigenvalue weighted by Crippen LogP contribution is 2.16. The molecule has 0 aromatic carbocycles. The van der Waals surface area contributed by atoms with Crippen LogP contribution in [0.2, 0.25) is 0 Å². The molecule has 0 saturated carbocycles. The van der Waals surface area contributed by atoms with Gasteiger partial charge in [-0.1, -0.05) is 0 Å². The summed E-state index contributed by atoms with van der Waals surface area (Å²) in [5, 5.41) is 3.34. The van der Waals surface area contributed by atoms with E-state index >= 15 is 0 Å². The third kappa shape index (κ3) is 1.56. The van der Waals surface area contributed by atoms with Crippen LogP contribution in [0.1, 0.15) is 0 Å². The molecule has 1 N–H and O–H groups in total. The lowest BCUT2D eigenvalue weighted by molar-refractivity contribution is -0.0572. The number of fused-ring (bicyclic) bond motifs is 1. The number of nitrogens with one attached hydrogen (secondary N) is 1. The van der Waals surface area contributed by atoms with Gasteiger partial charge >= 0.3 is 0 Å². The summed E-state index contributed by atoms with van der Waals surface area (Å²) in [7, 11) is 0. The van der Waals surface area contributed by atoms with E-state index in [2.05, 4.69) is 15.1 Å². The minimum Gasteiger partial charge on any atom is -0.378 e. The van der Waals surface area contributed by atoms with Gasteiger partial charge in [-0.2, -0.15) is 0 Å². The van der Waals surface area contributed by atoms with E-state index in [0.29, 0.717) is 6.04 Å². The molecule has 0 radical (unpaired) electrons. The second-order valence-corrected chi connectivity index (χ2v) is 4.57. The predicted molar refractivity (Wildman–Crippen MR) is 54.4 cm³/mol. The fourth-order valence-corrected chi connectivity index (χ4v) is 2.63.